The van der Waals surface area contributed by atoms with Crippen LogP contribution >= 0.6 is 0 Å². The molecule has 6 nitrogen and oxygen atoms in total. The molecule has 7 heteroatoms. The Labute approximate surface area is 251 Å². The lowest BCUT2D eigenvalue weighted by Crippen LogP contribution is -2.57. The number of nitriles is 1. The van der Waals surface area contributed by atoms with Crippen LogP contribution < -0.4 is 0 Å². The van der Waals surface area contributed by atoms with Crippen LogP contribution in [0.15, 0.2) is 12.4 Å². The Kier molecular flexibility index (Phi) is 8.42. The first kappa shape index (κ1) is 31.2. The first-order valence-corrected chi connectivity index (χ1v) is 19.3. The Morgan fingerprint density at radius 2 is 1.76 bits per heavy atom. The van der Waals surface area contributed by atoms with E-state index in [1.54, 1.807) is 6.20 Å². The fraction of sp³-hybridized carbons (Fsp3) is 0.882. The SMILES string of the molecule is COC[C@@]1(O[Si](C)(C)C(C)(C)C)CC[C@H]2[C@H](CC[C@@H]3[C@@H]2CC[C@]2(C)C([C@](C)(Cn4cc(C#N)cn4)OC)CC[C@@H]32)C1. The number of rotatable bonds is 8. The molecule has 4 saturated carbocycles. The van der Waals surface area contributed by atoms with Crippen molar-refractivity contribution in [2.45, 2.75) is 128 Å². The summed E-state index contributed by atoms with van der Waals surface area (Å²) in [5, 5.41) is 14.0. The first-order chi connectivity index (χ1) is 19.2. The molecule has 0 amide bonds. The molecule has 4 fully saturated rings. The molecule has 9 atom stereocenters. The third kappa shape index (κ3) is 5.49. The van der Waals surface area contributed by atoms with Crippen LogP contribution in [0.3, 0.4) is 0 Å². The summed E-state index contributed by atoms with van der Waals surface area (Å²) in [6.45, 7) is 18.2. The van der Waals surface area contributed by atoms with Gasteiger partial charge >= 0.3 is 0 Å². The Balaban J connectivity index is 1.31. The number of hydrogen-bond acceptors (Lipinski definition) is 5. The summed E-state index contributed by atoms with van der Waals surface area (Å²) in [4.78, 5) is 0. The van der Waals surface area contributed by atoms with E-state index in [1.807, 2.05) is 25.1 Å². The van der Waals surface area contributed by atoms with Crippen molar-refractivity contribution in [2.75, 3.05) is 20.8 Å². The maximum atomic E-state index is 9.30. The van der Waals surface area contributed by atoms with Crippen molar-refractivity contribution < 1.29 is 13.9 Å². The van der Waals surface area contributed by atoms with Crippen LogP contribution in [0.5, 0.6) is 0 Å². The van der Waals surface area contributed by atoms with Crippen molar-refractivity contribution >= 4 is 8.32 Å². The number of nitrogens with zero attached hydrogens (tertiary/aromatic N) is 3. The van der Waals surface area contributed by atoms with Crippen LogP contribution in [-0.4, -0.2) is 50.1 Å². The predicted molar refractivity (Wildman–Crippen MR) is 166 cm³/mol. The summed E-state index contributed by atoms with van der Waals surface area (Å²) in [7, 11) is 1.85. The third-order valence-electron chi connectivity index (χ3n) is 13.2. The summed E-state index contributed by atoms with van der Waals surface area (Å²) in [6.07, 6.45) is 15.1. The maximum Gasteiger partial charge on any atom is 0.192 e. The largest absolute Gasteiger partial charge is 0.409 e. The monoisotopic (exact) mass is 583 g/mol. The summed E-state index contributed by atoms with van der Waals surface area (Å²) in [5.41, 5.74) is 0.515. The molecule has 5 rings (SSSR count). The standard InChI is InChI=1S/C34H57N3O3Si/c1-31(2,3)41(8,9)40-34(23-38-6)17-15-26-25(18-34)10-11-28-27(26)14-16-32(4)29(28)12-13-30(32)33(5,39-7)22-37-21-24(19-35)20-36-37/h20-21,25-30H,10-18,22-23H2,1-9H3/t25-,26+,27-,28-,29+,30?,32+,33+,34-/m1/s1. The molecule has 1 unspecified atom stereocenters. The van der Waals surface area contributed by atoms with Crippen molar-refractivity contribution in [3.05, 3.63) is 18.0 Å². The molecule has 0 aromatic carbocycles. The number of methoxy groups -OCH3 is 2. The highest BCUT2D eigenvalue weighted by Crippen LogP contribution is 2.66. The van der Waals surface area contributed by atoms with Gasteiger partial charge in [0.2, 0.25) is 0 Å². The normalized spacial score (nSPS) is 38.8. The van der Waals surface area contributed by atoms with Crippen LogP contribution in [0.2, 0.25) is 18.1 Å². The van der Waals surface area contributed by atoms with E-state index in [4.69, 9.17) is 13.9 Å². The van der Waals surface area contributed by atoms with E-state index in [9.17, 15) is 5.26 Å². The molecule has 4 aliphatic carbocycles. The van der Waals surface area contributed by atoms with E-state index in [-0.39, 0.29) is 16.2 Å². The molecule has 0 saturated heterocycles. The first-order valence-electron chi connectivity index (χ1n) is 16.4. The van der Waals surface area contributed by atoms with Gasteiger partial charge in [-0.3, -0.25) is 4.68 Å². The van der Waals surface area contributed by atoms with Crippen LogP contribution in [-0.2, 0) is 20.4 Å². The Hall–Kier alpha value is -1.20. The second-order valence-corrected chi connectivity index (χ2v) is 21.1. The van der Waals surface area contributed by atoms with Crippen LogP contribution in [0.25, 0.3) is 0 Å². The minimum absolute atomic E-state index is 0.106. The van der Waals surface area contributed by atoms with E-state index in [2.05, 4.69) is 58.9 Å². The zero-order chi connectivity index (χ0) is 29.8. The molecule has 0 radical (unpaired) electrons. The van der Waals surface area contributed by atoms with Crippen LogP contribution in [0.1, 0.15) is 98.0 Å². The molecule has 1 aromatic rings. The minimum Gasteiger partial charge on any atom is -0.409 e. The van der Waals surface area contributed by atoms with Gasteiger partial charge in [0.1, 0.15) is 6.07 Å². The molecular formula is C34H57N3O3Si. The van der Waals surface area contributed by atoms with Gasteiger partial charge in [0.15, 0.2) is 8.32 Å². The molecular weight excluding hydrogens is 526 g/mol. The van der Waals surface area contributed by atoms with Gasteiger partial charge in [0.25, 0.3) is 0 Å². The van der Waals surface area contributed by atoms with Gasteiger partial charge in [-0.05, 0) is 124 Å². The number of hydrogen-bond donors (Lipinski definition) is 0. The van der Waals surface area contributed by atoms with Gasteiger partial charge in [-0.25, -0.2) is 0 Å². The van der Waals surface area contributed by atoms with Crippen molar-refractivity contribution in [1.82, 2.24) is 9.78 Å². The molecule has 1 aromatic heterocycles. The van der Waals surface area contributed by atoms with Crippen LogP contribution in [0.4, 0.5) is 0 Å². The second-order valence-electron chi connectivity index (χ2n) is 16.4. The molecule has 0 N–H and O–H groups in total. The van der Waals surface area contributed by atoms with E-state index in [0.717, 1.165) is 42.6 Å². The van der Waals surface area contributed by atoms with Gasteiger partial charge in [0, 0.05) is 20.4 Å². The Bertz CT molecular complexity index is 1120. The summed E-state index contributed by atoms with van der Waals surface area (Å²) >= 11 is 0. The van der Waals surface area contributed by atoms with Gasteiger partial charge in [-0.15, -0.1) is 0 Å². The van der Waals surface area contributed by atoms with E-state index in [1.165, 1.54) is 51.4 Å². The lowest BCUT2D eigenvalue weighted by atomic mass is 9.48. The summed E-state index contributed by atoms with van der Waals surface area (Å²) in [5.74, 6) is 4.59. The molecule has 230 valence electrons. The minimum atomic E-state index is -1.89. The van der Waals surface area contributed by atoms with Gasteiger partial charge in [0.05, 0.1) is 36.1 Å². The van der Waals surface area contributed by atoms with Crippen LogP contribution in [0, 0.1) is 52.3 Å². The smallest absolute Gasteiger partial charge is 0.192 e. The van der Waals surface area contributed by atoms with E-state index >= 15 is 0 Å². The summed E-state index contributed by atoms with van der Waals surface area (Å²) < 4.78 is 21.4. The lowest BCUT2D eigenvalue weighted by Gasteiger charge is -2.59. The van der Waals surface area contributed by atoms with Gasteiger partial charge in [-0.1, -0.05) is 27.7 Å². The number of fused-ring (bicyclic) bond motifs is 5. The quantitative estimate of drug-likeness (QED) is 0.292. The van der Waals surface area contributed by atoms with Crippen molar-refractivity contribution in [3.8, 4) is 6.07 Å². The fourth-order valence-corrected chi connectivity index (χ4v) is 11.9. The zero-order valence-corrected chi connectivity index (χ0v) is 28.5. The second kappa shape index (κ2) is 11.1. The highest BCUT2D eigenvalue weighted by atomic mass is 28.4. The summed E-state index contributed by atoms with van der Waals surface area (Å²) in [6, 6.07) is 2.22. The maximum absolute atomic E-state index is 9.30. The molecule has 41 heavy (non-hydrogen) atoms. The predicted octanol–water partition coefficient (Wildman–Crippen LogP) is 7.84. The average Bonchev–Trinajstić information content (AvgIpc) is 3.51. The van der Waals surface area contributed by atoms with Gasteiger partial charge in [-0.2, -0.15) is 10.4 Å². The Morgan fingerprint density at radius 3 is 2.39 bits per heavy atom. The van der Waals surface area contributed by atoms with Crippen molar-refractivity contribution in [1.29, 1.82) is 5.26 Å². The third-order valence-corrected chi connectivity index (χ3v) is 17.8. The van der Waals surface area contributed by atoms with E-state index < -0.39 is 8.32 Å². The molecule has 0 aliphatic heterocycles. The fourth-order valence-electron chi connectivity index (χ4n) is 10.3. The molecule has 0 spiro atoms. The number of aromatic nitrogens is 2. The van der Waals surface area contributed by atoms with Crippen molar-refractivity contribution in [2.24, 2.45) is 40.9 Å². The Morgan fingerprint density at radius 1 is 1.02 bits per heavy atom. The highest BCUT2D eigenvalue weighted by Gasteiger charge is 2.61. The topological polar surface area (TPSA) is 69.3 Å². The van der Waals surface area contributed by atoms with E-state index in [0.29, 0.717) is 23.4 Å². The molecule has 4 aliphatic rings. The molecule has 0 bridgehead atoms. The molecule has 1 heterocycles. The lowest BCUT2D eigenvalue weighted by molar-refractivity contribution is -0.142. The van der Waals surface area contributed by atoms with Crippen molar-refractivity contribution in [3.63, 3.8) is 0 Å². The zero-order valence-electron chi connectivity index (χ0n) is 27.5. The van der Waals surface area contributed by atoms with Gasteiger partial charge < -0.3 is 13.9 Å². The average molecular weight is 584 g/mol. The highest BCUT2D eigenvalue weighted by molar-refractivity contribution is 6.74. The number of ether oxygens (including phenoxy) is 2.